The number of rotatable bonds is 7. The van der Waals surface area contributed by atoms with Crippen LogP contribution in [0.5, 0.6) is 0 Å². The van der Waals surface area contributed by atoms with Crippen molar-refractivity contribution >= 4 is 17.8 Å². The number of β-lactam (4-membered cyclic amide) rings is 1. The minimum absolute atomic E-state index is 0.00754. The Kier molecular flexibility index (Phi) is 5.94. The summed E-state index contributed by atoms with van der Waals surface area (Å²) in [7, 11) is 0. The van der Waals surface area contributed by atoms with Gasteiger partial charge in [-0.1, -0.05) is 43.0 Å². The Morgan fingerprint density at radius 1 is 1.32 bits per heavy atom. The van der Waals surface area contributed by atoms with Crippen LogP contribution in [0.4, 0.5) is 0 Å². The fourth-order valence-electron chi connectivity index (χ4n) is 3.74. The van der Waals surface area contributed by atoms with E-state index >= 15 is 0 Å². The third-order valence-corrected chi connectivity index (χ3v) is 5.00. The predicted molar refractivity (Wildman–Crippen MR) is 99.7 cm³/mol. The van der Waals surface area contributed by atoms with Crippen molar-refractivity contribution < 1.29 is 29.0 Å². The highest BCUT2D eigenvalue weighted by Gasteiger charge is 2.59. The maximum Gasteiger partial charge on any atom is 0.333 e. The van der Waals surface area contributed by atoms with Crippen molar-refractivity contribution in [3.05, 3.63) is 60.2 Å². The molecule has 1 amide bonds. The number of aliphatic hydroxyl groups is 1. The van der Waals surface area contributed by atoms with Crippen LogP contribution in [-0.2, 0) is 30.5 Å². The van der Waals surface area contributed by atoms with Crippen molar-refractivity contribution in [3.8, 4) is 0 Å². The molecule has 28 heavy (non-hydrogen) atoms. The second kappa shape index (κ2) is 8.39. The van der Waals surface area contributed by atoms with Gasteiger partial charge in [0, 0.05) is 6.08 Å². The Morgan fingerprint density at radius 3 is 2.68 bits per heavy atom. The maximum atomic E-state index is 12.5. The lowest BCUT2D eigenvalue weighted by Crippen LogP contribution is -2.64. The van der Waals surface area contributed by atoms with E-state index in [-0.39, 0.29) is 25.2 Å². The van der Waals surface area contributed by atoms with Crippen LogP contribution in [0.25, 0.3) is 0 Å². The van der Waals surface area contributed by atoms with Crippen LogP contribution in [-0.4, -0.2) is 52.6 Å². The van der Waals surface area contributed by atoms with E-state index < -0.39 is 30.0 Å². The highest BCUT2D eigenvalue weighted by atomic mass is 16.5. The zero-order valence-electron chi connectivity index (χ0n) is 15.6. The normalized spacial score (nSPS) is 25.6. The lowest BCUT2D eigenvalue weighted by molar-refractivity contribution is -0.170. The first-order valence-electron chi connectivity index (χ1n) is 9.13. The van der Waals surface area contributed by atoms with Crippen LogP contribution in [0.2, 0.25) is 0 Å². The van der Waals surface area contributed by atoms with Crippen molar-refractivity contribution in [3.63, 3.8) is 0 Å². The summed E-state index contributed by atoms with van der Waals surface area (Å²) < 4.78 is 10.4. The largest absolute Gasteiger partial charge is 0.460 e. The van der Waals surface area contributed by atoms with E-state index in [0.717, 1.165) is 5.56 Å². The number of amides is 1. The number of aliphatic hydroxyl groups excluding tert-OH is 1. The molecule has 2 saturated heterocycles. The molecule has 1 aromatic carbocycles. The minimum Gasteiger partial charge on any atom is -0.460 e. The number of benzene rings is 1. The van der Waals surface area contributed by atoms with Crippen molar-refractivity contribution in [2.75, 3.05) is 6.61 Å². The van der Waals surface area contributed by atoms with Crippen molar-refractivity contribution in [1.29, 1.82) is 0 Å². The van der Waals surface area contributed by atoms with Crippen LogP contribution >= 0.6 is 0 Å². The Hall–Kier alpha value is -2.93. The second-order valence-electron chi connectivity index (χ2n) is 6.92. The SMILES string of the molecule is C=CCOC(=O)[C@H]1/C(=C/C(=O)OCc2ccccc2)C[C@@H]2[C@@H]([C@@H](C)O)C(=O)N21. The third kappa shape index (κ3) is 3.84. The van der Waals surface area contributed by atoms with Gasteiger partial charge in [0.1, 0.15) is 13.2 Å². The molecule has 148 valence electrons. The number of ether oxygens (including phenoxy) is 2. The van der Waals surface area contributed by atoms with Crippen LogP contribution in [0.3, 0.4) is 0 Å². The minimum atomic E-state index is -0.975. The Balaban J connectivity index is 1.75. The van der Waals surface area contributed by atoms with Crippen LogP contribution in [0, 0.1) is 5.92 Å². The topological polar surface area (TPSA) is 93.1 Å². The first-order chi connectivity index (χ1) is 13.4. The van der Waals surface area contributed by atoms with Gasteiger partial charge in [-0.15, -0.1) is 0 Å². The molecule has 0 bridgehead atoms. The number of hydrogen-bond acceptors (Lipinski definition) is 6. The van der Waals surface area contributed by atoms with Crippen molar-refractivity contribution in [2.24, 2.45) is 5.92 Å². The van der Waals surface area contributed by atoms with Gasteiger partial charge in [-0.3, -0.25) is 4.79 Å². The molecule has 0 aliphatic carbocycles. The molecular formula is C21H23NO6. The summed E-state index contributed by atoms with van der Waals surface area (Å²) in [6.45, 7) is 5.16. The predicted octanol–water partition coefficient (Wildman–Crippen LogP) is 1.37. The van der Waals surface area contributed by atoms with Gasteiger partial charge in [0.25, 0.3) is 0 Å². The van der Waals surface area contributed by atoms with E-state index in [2.05, 4.69) is 6.58 Å². The van der Waals surface area contributed by atoms with E-state index in [1.165, 1.54) is 17.1 Å². The molecule has 0 radical (unpaired) electrons. The first-order valence-corrected chi connectivity index (χ1v) is 9.13. The number of carbonyl (C=O) groups excluding carboxylic acids is 3. The first kappa shape index (κ1) is 19.8. The molecule has 0 spiro atoms. The Labute approximate surface area is 163 Å². The summed E-state index contributed by atoms with van der Waals surface area (Å²) in [4.78, 5) is 38.5. The molecule has 0 unspecified atom stereocenters. The Bertz CT molecular complexity index is 800. The zero-order valence-corrected chi connectivity index (χ0v) is 15.6. The quantitative estimate of drug-likeness (QED) is 0.330. The zero-order chi connectivity index (χ0) is 20.3. The number of fused-ring (bicyclic) bond motifs is 1. The van der Waals surface area contributed by atoms with E-state index in [0.29, 0.717) is 12.0 Å². The molecule has 2 heterocycles. The lowest BCUT2D eigenvalue weighted by Gasteiger charge is -2.45. The molecule has 2 aliphatic heterocycles. The third-order valence-electron chi connectivity index (χ3n) is 5.00. The molecule has 7 nitrogen and oxygen atoms in total. The van der Waals surface area contributed by atoms with Gasteiger partial charge in [0.15, 0.2) is 6.04 Å². The average molecular weight is 385 g/mol. The molecule has 4 atom stereocenters. The summed E-state index contributed by atoms with van der Waals surface area (Å²) in [5.74, 6) is -2.12. The van der Waals surface area contributed by atoms with E-state index in [1.54, 1.807) is 6.92 Å². The molecule has 2 aliphatic rings. The van der Waals surface area contributed by atoms with Crippen LogP contribution < -0.4 is 0 Å². The van der Waals surface area contributed by atoms with E-state index in [9.17, 15) is 19.5 Å². The Morgan fingerprint density at radius 2 is 2.04 bits per heavy atom. The molecule has 1 N–H and O–H groups in total. The summed E-state index contributed by atoms with van der Waals surface area (Å²) in [6.07, 6.45) is 2.17. The lowest BCUT2D eigenvalue weighted by atomic mass is 9.84. The molecule has 1 aromatic rings. The summed E-state index contributed by atoms with van der Waals surface area (Å²) in [5.41, 5.74) is 1.30. The van der Waals surface area contributed by atoms with Crippen molar-refractivity contribution in [1.82, 2.24) is 4.90 Å². The molecule has 0 aromatic heterocycles. The molecule has 0 saturated carbocycles. The molecule has 2 fully saturated rings. The molecule has 3 rings (SSSR count). The summed E-state index contributed by atoms with van der Waals surface area (Å²) in [5, 5.41) is 9.85. The molecule has 7 heteroatoms. The number of carbonyl (C=O) groups is 3. The van der Waals surface area contributed by atoms with E-state index in [4.69, 9.17) is 9.47 Å². The van der Waals surface area contributed by atoms with Gasteiger partial charge in [-0.2, -0.15) is 0 Å². The van der Waals surface area contributed by atoms with Gasteiger partial charge in [0.2, 0.25) is 5.91 Å². The average Bonchev–Trinajstić information content (AvgIpc) is 2.98. The summed E-state index contributed by atoms with van der Waals surface area (Å²) >= 11 is 0. The fraction of sp³-hybridized carbons (Fsp3) is 0.381. The van der Waals surface area contributed by atoms with Crippen LogP contribution in [0.1, 0.15) is 18.9 Å². The van der Waals surface area contributed by atoms with Gasteiger partial charge >= 0.3 is 11.9 Å². The number of esters is 2. The number of hydrogen-bond donors (Lipinski definition) is 1. The molecular weight excluding hydrogens is 362 g/mol. The van der Waals surface area contributed by atoms with Gasteiger partial charge < -0.3 is 19.5 Å². The monoisotopic (exact) mass is 385 g/mol. The fourth-order valence-corrected chi connectivity index (χ4v) is 3.74. The smallest absolute Gasteiger partial charge is 0.333 e. The van der Waals surface area contributed by atoms with Crippen LogP contribution in [0.15, 0.2) is 54.6 Å². The van der Waals surface area contributed by atoms with Gasteiger partial charge in [-0.25, -0.2) is 9.59 Å². The highest BCUT2D eigenvalue weighted by Crippen LogP contribution is 2.44. The maximum absolute atomic E-state index is 12.5. The highest BCUT2D eigenvalue weighted by molar-refractivity contribution is 5.96. The van der Waals surface area contributed by atoms with Gasteiger partial charge in [-0.05, 0) is 24.5 Å². The number of nitrogens with zero attached hydrogens (tertiary/aromatic N) is 1. The standard InChI is InChI=1S/C21H23NO6/c1-3-9-27-21(26)19-15(10-16-18(13(2)23)20(25)22(16)19)11-17(24)28-12-14-7-5-4-6-8-14/h3-8,11,13,16,18-19,23H,1,9-10,12H2,2H3/b15-11+/t13-,16-,18-,19-/m1/s1. The second-order valence-corrected chi connectivity index (χ2v) is 6.92. The summed E-state index contributed by atoms with van der Waals surface area (Å²) in [6, 6.07) is 7.92. The van der Waals surface area contributed by atoms with Crippen molar-refractivity contribution in [2.45, 2.75) is 38.1 Å². The van der Waals surface area contributed by atoms with E-state index in [1.807, 2.05) is 30.3 Å². The van der Waals surface area contributed by atoms with Gasteiger partial charge in [0.05, 0.1) is 18.1 Å².